The number of carbonyl (C=O) groups excluding carboxylic acids is 2. The third kappa shape index (κ3) is 27.0. The lowest BCUT2D eigenvalue weighted by molar-refractivity contribution is -0.121. The summed E-state index contributed by atoms with van der Waals surface area (Å²) in [5.41, 5.74) is 12.9. The molecule has 348 valence electrons. The minimum Gasteiger partial charge on any atom is -0.504 e. The van der Waals surface area contributed by atoms with Crippen molar-refractivity contribution in [1.29, 1.82) is 0 Å². The predicted octanol–water partition coefficient (Wildman–Crippen LogP) is 0.0689. The lowest BCUT2D eigenvalue weighted by atomic mass is 10.1. The van der Waals surface area contributed by atoms with Gasteiger partial charge < -0.3 is 68.7 Å². The number of carbonyl (C=O) groups is 2. The molecular weight excluding hydrogens is 779 g/mol. The number of phenols is 4. The molecule has 2 aromatic carbocycles. The molecule has 2 aromatic rings. The fourth-order valence-electron chi connectivity index (χ4n) is 6.70. The fourth-order valence-corrected chi connectivity index (χ4v) is 6.70. The second kappa shape index (κ2) is 34.8. The number of hydrogen-bond acceptors (Lipinski definition) is 15. The maximum atomic E-state index is 12.7. The number of rotatable bonds is 39. The molecule has 14 N–H and O–H groups in total. The topological polar surface area (TPSA) is 249 Å². The summed E-state index contributed by atoms with van der Waals surface area (Å²) in [6.07, 6.45) is 5.51. The van der Waals surface area contributed by atoms with Gasteiger partial charge in [0.05, 0.1) is 0 Å². The van der Waals surface area contributed by atoms with Crippen LogP contribution >= 0.6 is 0 Å². The smallest absolute Gasteiger partial charge is 0.220 e. The molecule has 0 aliphatic carbocycles. The molecular formula is C44H81N11O6. The number of hydrogen-bond donors (Lipinski definition) is 12. The van der Waals surface area contributed by atoms with Crippen molar-refractivity contribution in [2.45, 2.75) is 58.3 Å². The average molecular weight is 860 g/mol. The van der Waals surface area contributed by atoms with Gasteiger partial charge in [0.2, 0.25) is 11.8 Å². The van der Waals surface area contributed by atoms with Gasteiger partial charge in [-0.05, 0) is 80.6 Å². The van der Waals surface area contributed by atoms with E-state index >= 15 is 0 Å². The van der Waals surface area contributed by atoms with Crippen molar-refractivity contribution in [3.63, 3.8) is 0 Å². The van der Waals surface area contributed by atoms with E-state index in [1.807, 2.05) is 0 Å². The lowest BCUT2D eigenvalue weighted by Crippen LogP contribution is -2.45. The molecule has 0 spiro atoms. The van der Waals surface area contributed by atoms with Gasteiger partial charge in [0.15, 0.2) is 23.0 Å². The van der Waals surface area contributed by atoms with E-state index in [1.54, 1.807) is 12.1 Å². The van der Waals surface area contributed by atoms with E-state index in [2.05, 4.69) is 53.5 Å². The SMILES string of the molecule is CCCNCCN(CCNC(=O)CCc1ccc(O)c(O)c1)CCN(CCCCCNC(=O)CCc1ccc(O)c(O)c1)CCN(CCNCCN)CCNCCNCCN. The molecule has 17 nitrogen and oxygen atoms in total. The zero-order valence-corrected chi connectivity index (χ0v) is 37.1. The second-order valence-electron chi connectivity index (χ2n) is 15.5. The number of benzene rings is 2. The Morgan fingerprint density at radius 1 is 0.475 bits per heavy atom. The van der Waals surface area contributed by atoms with Crippen LogP contribution in [-0.2, 0) is 22.4 Å². The normalized spacial score (nSPS) is 11.6. The van der Waals surface area contributed by atoms with Crippen molar-refractivity contribution in [3.8, 4) is 23.0 Å². The summed E-state index contributed by atoms with van der Waals surface area (Å²) in [5.74, 6) is -0.780. The number of aryl methyl sites for hydroxylation is 2. The van der Waals surface area contributed by atoms with Crippen LogP contribution < -0.4 is 43.4 Å². The van der Waals surface area contributed by atoms with Gasteiger partial charge in [-0.15, -0.1) is 0 Å². The van der Waals surface area contributed by atoms with Gasteiger partial charge in [0.25, 0.3) is 0 Å². The third-order valence-corrected chi connectivity index (χ3v) is 10.4. The molecule has 2 rings (SSSR count). The van der Waals surface area contributed by atoms with Crippen molar-refractivity contribution in [3.05, 3.63) is 47.5 Å². The van der Waals surface area contributed by atoms with Gasteiger partial charge in [-0.3, -0.25) is 19.4 Å². The summed E-state index contributed by atoms with van der Waals surface area (Å²) in [7, 11) is 0. The van der Waals surface area contributed by atoms with E-state index in [4.69, 9.17) is 11.5 Å². The Balaban J connectivity index is 1.96. The van der Waals surface area contributed by atoms with Crippen LogP contribution in [0.2, 0.25) is 0 Å². The number of unbranched alkanes of at least 4 members (excludes halogenated alkanes) is 2. The van der Waals surface area contributed by atoms with Crippen molar-refractivity contribution in [2.24, 2.45) is 11.5 Å². The third-order valence-electron chi connectivity index (χ3n) is 10.4. The number of phenolic OH excluding ortho intramolecular Hbond substituents is 4. The van der Waals surface area contributed by atoms with E-state index in [-0.39, 0.29) is 34.8 Å². The van der Waals surface area contributed by atoms with Crippen LogP contribution in [0.3, 0.4) is 0 Å². The molecule has 0 aromatic heterocycles. The molecule has 2 amide bonds. The van der Waals surface area contributed by atoms with Crippen LogP contribution in [0.15, 0.2) is 36.4 Å². The van der Waals surface area contributed by atoms with Gasteiger partial charge in [-0.25, -0.2) is 0 Å². The number of nitrogens with zero attached hydrogens (tertiary/aromatic N) is 3. The second-order valence-corrected chi connectivity index (χ2v) is 15.5. The summed E-state index contributed by atoms with van der Waals surface area (Å²) in [6.45, 7) is 19.5. The van der Waals surface area contributed by atoms with Crippen LogP contribution in [0.5, 0.6) is 23.0 Å². The molecule has 0 aliphatic rings. The number of nitrogens with one attached hydrogen (secondary N) is 6. The highest BCUT2D eigenvalue weighted by atomic mass is 16.3. The molecule has 0 unspecified atom stereocenters. The quantitative estimate of drug-likeness (QED) is 0.0314. The van der Waals surface area contributed by atoms with E-state index in [0.717, 1.165) is 148 Å². The molecule has 0 radical (unpaired) electrons. The molecule has 0 saturated carbocycles. The van der Waals surface area contributed by atoms with Crippen LogP contribution in [0, 0.1) is 0 Å². The molecule has 0 heterocycles. The van der Waals surface area contributed by atoms with E-state index in [1.165, 1.54) is 24.3 Å². The Morgan fingerprint density at radius 3 is 1.38 bits per heavy atom. The van der Waals surface area contributed by atoms with E-state index in [9.17, 15) is 30.0 Å². The minimum absolute atomic E-state index is 0.0288. The highest BCUT2D eigenvalue weighted by molar-refractivity contribution is 5.76. The number of nitrogens with two attached hydrogens (primary N) is 2. The van der Waals surface area contributed by atoms with E-state index in [0.29, 0.717) is 51.9 Å². The van der Waals surface area contributed by atoms with Gasteiger partial charge >= 0.3 is 0 Å². The van der Waals surface area contributed by atoms with Crippen LogP contribution in [0.4, 0.5) is 0 Å². The Bertz CT molecular complexity index is 1440. The Morgan fingerprint density at radius 2 is 0.902 bits per heavy atom. The van der Waals surface area contributed by atoms with Crippen molar-refractivity contribution in [2.75, 3.05) is 137 Å². The van der Waals surface area contributed by atoms with E-state index < -0.39 is 0 Å². The van der Waals surface area contributed by atoms with Crippen molar-refractivity contribution < 1.29 is 30.0 Å². The molecule has 0 aliphatic heterocycles. The first-order chi connectivity index (χ1) is 29.6. The van der Waals surface area contributed by atoms with Crippen molar-refractivity contribution >= 4 is 11.8 Å². The zero-order chi connectivity index (χ0) is 44.3. The van der Waals surface area contributed by atoms with Crippen LogP contribution in [0.25, 0.3) is 0 Å². The van der Waals surface area contributed by atoms with Crippen LogP contribution in [-0.4, -0.2) is 184 Å². The summed E-state index contributed by atoms with van der Waals surface area (Å²) in [5, 5.41) is 58.6. The first-order valence-corrected chi connectivity index (χ1v) is 22.6. The summed E-state index contributed by atoms with van der Waals surface area (Å²) < 4.78 is 0. The van der Waals surface area contributed by atoms with Crippen LogP contribution in [0.1, 0.15) is 56.6 Å². The zero-order valence-electron chi connectivity index (χ0n) is 37.1. The Labute approximate surface area is 365 Å². The van der Waals surface area contributed by atoms with Gasteiger partial charge in [0.1, 0.15) is 0 Å². The van der Waals surface area contributed by atoms with Crippen molar-refractivity contribution in [1.82, 2.24) is 46.6 Å². The first-order valence-electron chi connectivity index (χ1n) is 22.6. The number of aromatic hydroxyl groups is 4. The Kier molecular flexibility index (Phi) is 30.4. The molecule has 0 fully saturated rings. The largest absolute Gasteiger partial charge is 0.504 e. The first kappa shape index (κ1) is 53.4. The summed E-state index contributed by atoms with van der Waals surface area (Å²) in [6, 6.07) is 9.29. The predicted molar refractivity (Wildman–Crippen MR) is 245 cm³/mol. The lowest BCUT2D eigenvalue weighted by Gasteiger charge is -2.30. The molecule has 17 heteroatoms. The molecule has 0 atom stereocenters. The minimum atomic E-state index is -0.183. The maximum absolute atomic E-state index is 12.7. The highest BCUT2D eigenvalue weighted by Crippen LogP contribution is 2.26. The van der Waals surface area contributed by atoms with Gasteiger partial charge in [-0.1, -0.05) is 25.5 Å². The standard InChI is InChI=1S/C44H81N11O6/c1-2-16-47-22-27-55(30-25-52-44(61)13-9-38-7-11-40(57)42(59)36-38)34-32-53(31-33-54(28-23-49-19-15-46)29-24-50-21-20-48-18-14-45)26-5-3-4-17-51-43(60)12-8-37-6-10-39(56)41(58)35-37/h6-7,10-11,35-36,47-50,56-59H,2-5,8-9,12-34,45-46H2,1H3,(H,51,60)(H,52,61). The molecule has 0 bridgehead atoms. The Hall–Kier alpha value is -3.78. The fraction of sp³-hybridized carbons (Fsp3) is 0.682. The van der Waals surface area contributed by atoms with Gasteiger partial charge in [-0.2, -0.15) is 0 Å². The summed E-state index contributed by atoms with van der Waals surface area (Å²) in [4.78, 5) is 32.7. The molecule has 61 heavy (non-hydrogen) atoms. The summed E-state index contributed by atoms with van der Waals surface area (Å²) >= 11 is 0. The number of amides is 2. The van der Waals surface area contributed by atoms with Gasteiger partial charge in [0, 0.05) is 137 Å². The monoisotopic (exact) mass is 860 g/mol. The molecule has 0 saturated heterocycles. The average Bonchev–Trinajstić information content (AvgIpc) is 3.25. The highest BCUT2D eigenvalue weighted by Gasteiger charge is 2.14. The maximum Gasteiger partial charge on any atom is 0.220 e.